The Morgan fingerprint density at radius 1 is 0.221 bits per heavy atom. The first-order valence-electron chi connectivity index (χ1n) is 51.6. The van der Waals surface area contributed by atoms with E-state index in [0.717, 1.165) is 146 Å². The van der Waals surface area contributed by atoms with Crippen LogP contribution < -0.4 is 31.1 Å². The van der Waals surface area contributed by atoms with Gasteiger partial charge in [0.2, 0.25) is 0 Å². The maximum absolute atomic E-state index is 6.53. The molecule has 0 atom stereocenters. The van der Waals surface area contributed by atoms with Crippen LogP contribution in [0.25, 0.3) is 245 Å². The first-order valence-corrected chi connectivity index (χ1v) is 60.6. The van der Waals surface area contributed by atoms with E-state index in [-0.39, 0.29) is 5.41 Å². The van der Waals surface area contributed by atoms with Gasteiger partial charge in [0.15, 0.2) is 17.5 Å². The second-order valence-corrected chi connectivity index (χ2v) is 55.1. The smallest absolute Gasteiger partial charge is 0.160 e. The van der Waals surface area contributed by atoms with Gasteiger partial charge >= 0.3 is 0 Å². The van der Waals surface area contributed by atoms with Crippen molar-refractivity contribution in [2.24, 2.45) is 0 Å². The third-order valence-electron chi connectivity index (χ3n) is 32.5. The van der Waals surface area contributed by atoms with Gasteiger partial charge in [-0.3, -0.25) is 0 Å². The second kappa shape index (κ2) is 33.3. The Morgan fingerprint density at radius 3 is 1.06 bits per heavy atom. The van der Waals surface area contributed by atoms with Crippen molar-refractivity contribution < 1.29 is 4.42 Å². The molecule has 3 aliphatic heterocycles. The summed E-state index contributed by atoms with van der Waals surface area (Å²) in [6, 6.07) is 161. The van der Waals surface area contributed by atoms with E-state index >= 15 is 0 Å². The van der Waals surface area contributed by atoms with E-state index in [1.54, 1.807) is 0 Å². The van der Waals surface area contributed by atoms with Crippen molar-refractivity contribution in [2.45, 2.75) is 58.5 Å². The predicted octanol–water partition coefficient (Wildman–Crippen LogP) is 30.4. The van der Waals surface area contributed by atoms with Crippen molar-refractivity contribution in [3.63, 3.8) is 0 Å². The number of furan rings is 1. The molecule has 8 aromatic heterocycles. The molecular weight excluding hydrogens is 1860 g/mol. The molecular formula is C135H98N10OSi3. The molecule has 11 nitrogen and oxygen atoms in total. The molecule has 0 saturated carbocycles. The largest absolute Gasteiger partial charge is 0.455 e. The first-order chi connectivity index (χ1) is 73.0. The molecule has 0 amide bonds. The Hall–Kier alpha value is -17.9. The van der Waals surface area contributed by atoms with Crippen LogP contribution in [0.4, 0.5) is 0 Å². The summed E-state index contributed by atoms with van der Waals surface area (Å²) in [5, 5.41) is 20.5. The van der Waals surface area contributed by atoms with Crippen LogP contribution in [0, 0.1) is 0 Å². The van der Waals surface area contributed by atoms with Crippen LogP contribution in [0.15, 0.2) is 453 Å². The zero-order chi connectivity index (χ0) is 99.6. The average Bonchev–Trinajstić information content (AvgIpc) is 1.70. The summed E-state index contributed by atoms with van der Waals surface area (Å²) in [7, 11) is -6.04. The molecule has 27 aromatic rings. The zero-order valence-electron chi connectivity index (χ0n) is 83.6. The van der Waals surface area contributed by atoms with Gasteiger partial charge in [-0.15, -0.1) is 0 Å². The van der Waals surface area contributed by atoms with Gasteiger partial charge in [-0.25, -0.2) is 29.9 Å². The summed E-state index contributed by atoms with van der Waals surface area (Å²) in [5.74, 6) is 2.27. The van der Waals surface area contributed by atoms with Gasteiger partial charge in [-0.1, -0.05) is 375 Å². The number of benzene rings is 19. The van der Waals surface area contributed by atoms with Crippen molar-refractivity contribution in [3.05, 3.63) is 460 Å². The summed E-state index contributed by atoms with van der Waals surface area (Å²) in [4.78, 5) is 32.1. The van der Waals surface area contributed by atoms with E-state index < -0.39 is 24.2 Å². The fraction of sp³-hybridized carbons (Fsp3) is 0.0667. The molecule has 11 heterocycles. The van der Waals surface area contributed by atoms with Gasteiger partial charge in [-0.2, -0.15) is 0 Å². The van der Waals surface area contributed by atoms with Gasteiger partial charge < -0.3 is 22.7 Å². The summed E-state index contributed by atoms with van der Waals surface area (Å²) < 4.78 is 16.1. The summed E-state index contributed by atoms with van der Waals surface area (Å²) in [6.07, 6.45) is 0. The highest BCUT2D eigenvalue weighted by atomic mass is 28.3. The molecule has 706 valence electrons. The molecule has 31 rings (SSSR count). The van der Waals surface area contributed by atoms with Gasteiger partial charge in [0.05, 0.1) is 83.7 Å². The lowest BCUT2D eigenvalue weighted by Crippen LogP contribution is -2.50. The topological polar surface area (TPSA) is 110 Å². The highest BCUT2D eigenvalue weighted by Crippen LogP contribution is 2.55. The fourth-order valence-corrected chi connectivity index (χ4v) is 35.4. The van der Waals surface area contributed by atoms with Gasteiger partial charge in [0.1, 0.15) is 35.4 Å². The van der Waals surface area contributed by atoms with Crippen molar-refractivity contribution in [2.75, 3.05) is 0 Å². The SMILES string of the molecule is CC1(C)c2ccccc2-c2ccc3c(c21)c1ccccc1n3-c1ccc(-c2nc(-c3ccccc3)c3c(n2)-c2ccccc2[Si]3(C)C)cc1.C[Si]1(C)c2ccccc2-c2nc(-c3ccc(-n4c5ccccc5c5c4ccc4c6ccccc6n(-c6ccccc6)c45)cc3)nc(-c3ccccc3)c21.C[Si]1(C)c2ccccc2-c2nc(-c3cccc(-n4c5ccccc5c5c6oc7ccccc7c6ccc54)c3)nc(-c3ccccc3)c21. The second-order valence-electron chi connectivity index (χ2n) is 42.2. The molecule has 14 heteroatoms. The van der Waals surface area contributed by atoms with Crippen molar-refractivity contribution in [3.8, 4) is 136 Å². The minimum absolute atomic E-state index is 0.0956. The van der Waals surface area contributed by atoms with Crippen LogP contribution in [0.5, 0.6) is 0 Å². The van der Waals surface area contributed by atoms with Crippen LogP contribution in [0.3, 0.4) is 0 Å². The van der Waals surface area contributed by atoms with Gasteiger partial charge in [0, 0.05) is 110 Å². The number of hydrogen-bond donors (Lipinski definition) is 0. The lowest BCUT2D eigenvalue weighted by atomic mass is 9.80. The van der Waals surface area contributed by atoms with E-state index in [1.807, 2.05) is 12.1 Å². The van der Waals surface area contributed by atoms with Crippen molar-refractivity contribution in [1.82, 2.24) is 48.2 Å². The maximum Gasteiger partial charge on any atom is 0.160 e. The van der Waals surface area contributed by atoms with Gasteiger partial charge in [-0.05, 0) is 197 Å². The van der Waals surface area contributed by atoms with Crippen LogP contribution in [-0.4, -0.2) is 72.4 Å². The van der Waals surface area contributed by atoms with Gasteiger partial charge in [0.25, 0.3) is 0 Å². The Morgan fingerprint density at radius 2 is 0.564 bits per heavy atom. The highest BCUT2D eigenvalue weighted by Gasteiger charge is 2.46. The Kier molecular flexibility index (Phi) is 19.6. The third kappa shape index (κ3) is 13.2. The molecule has 0 saturated heterocycles. The molecule has 0 fully saturated rings. The Balaban J connectivity index is 0.000000105. The summed E-state index contributed by atoms with van der Waals surface area (Å²) >= 11 is 0. The summed E-state index contributed by atoms with van der Waals surface area (Å²) in [5.41, 5.74) is 37.8. The quantitative estimate of drug-likeness (QED) is 0.125. The normalized spacial score (nSPS) is 13.9. The minimum Gasteiger partial charge on any atom is -0.455 e. The van der Waals surface area contributed by atoms with Crippen LogP contribution in [0.1, 0.15) is 25.0 Å². The number of fused-ring (bicyclic) bond motifs is 30. The van der Waals surface area contributed by atoms with Crippen molar-refractivity contribution in [1.29, 1.82) is 0 Å². The lowest BCUT2D eigenvalue weighted by molar-refractivity contribution is 0.666. The maximum atomic E-state index is 6.53. The summed E-state index contributed by atoms with van der Waals surface area (Å²) in [6.45, 7) is 19.3. The molecule has 149 heavy (non-hydrogen) atoms. The lowest BCUT2D eigenvalue weighted by Gasteiger charge is -2.22. The van der Waals surface area contributed by atoms with Crippen molar-refractivity contribution >= 4 is 165 Å². The zero-order valence-corrected chi connectivity index (χ0v) is 86.6. The predicted molar refractivity (Wildman–Crippen MR) is 627 cm³/mol. The van der Waals surface area contributed by atoms with Crippen LogP contribution in [-0.2, 0) is 5.41 Å². The molecule has 0 spiro atoms. The highest BCUT2D eigenvalue weighted by molar-refractivity contribution is 7.05. The van der Waals surface area contributed by atoms with E-state index in [2.05, 4.69) is 508 Å². The van der Waals surface area contributed by atoms with E-state index in [4.69, 9.17) is 34.3 Å². The standard InChI is InChI=1S/C48H34N4Si.C45H35N3Si.C42H29N3OSi/c1-53(2)42-24-14-11-21-38(42)45-47(53)44(31-15-5-3-6-16-31)49-48(50-45)32-25-27-34(28-26-32)51-40-23-13-10-20-37(40)43-41(51)30-29-36-35-19-9-12-22-39(35)52(46(36)43)33-17-7-4-8-18-33;1-45(2)35-19-11-8-16-31(35)32-26-27-37-39(40(32)45)33-17-9-12-20-36(33)48(37)30-24-22-29(23-25-30)44-46-41(28-14-6-5-7-15-28)43-42(47-44)34-18-10-13-21-38(34)49(43,3)4;1-47(2)36-22-11-8-19-32(36)39-41(47)38(26-13-4-3-5-14-26)43-42(44-39)27-15-12-16-28(25-27)45-33-20-9-6-18-31(33)37-34(45)24-23-30-29-17-7-10-21-35(29)46-40(30)37/h3-30H,1-2H3;5-27H,1-4H3;3-25H,1-2H3. The molecule has 0 N–H and O–H groups in total. The van der Waals surface area contributed by atoms with Crippen LogP contribution in [0.2, 0.25) is 39.3 Å². The monoisotopic (exact) mass is 1960 g/mol. The molecule has 1 aliphatic carbocycles. The number of hydrogen-bond acceptors (Lipinski definition) is 7. The van der Waals surface area contributed by atoms with Crippen LogP contribution >= 0.6 is 0 Å². The molecule has 0 bridgehead atoms. The number of nitrogens with zero attached hydrogens (tertiary/aromatic N) is 10. The number of rotatable bonds is 10. The molecule has 0 unspecified atom stereocenters. The van der Waals surface area contributed by atoms with E-state index in [1.165, 1.54) is 141 Å². The first kappa shape index (κ1) is 87.6. The number of aromatic nitrogens is 10. The Bertz CT molecular complexity index is 10300. The van der Waals surface area contributed by atoms with E-state index in [9.17, 15) is 0 Å². The molecule has 4 aliphatic rings. The minimum atomic E-state index is -2.02. The number of para-hydroxylation sites is 6. The fourth-order valence-electron chi connectivity index (χ4n) is 25.7. The molecule has 19 aromatic carbocycles. The molecule has 0 radical (unpaired) electrons. The van der Waals surface area contributed by atoms with E-state index in [0.29, 0.717) is 0 Å². The third-order valence-corrected chi connectivity index (χ3v) is 43.0. The average molecular weight is 1960 g/mol. The Labute approximate surface area is 864 Å².